The number of pyridine rings is 1. The summed E-state index contributed by atoms with van der Waals surface area (Å²) in [4.78, 5) is 44.9. The molecule has 8 heteroatoms. The van der Waals surface area contributed by atoms with Gasteiger partial charge in [0.1, 0.15) is 23.2 Å². The fraction of sp³-hybridized carbons (Fsp3) is 0.273. The molecule has 0 aliphatic heterocycles. The Morgan fingerprint density at radius 2 is 2.00 bits per heavy atom. The van der Waals surface area contributed by atoms with Gasteiger partial charge in [-0.25, -0.2) is 4.98 Å². The van der Waals surface area contributed by atoms with Crippen LogP contribution in [0.5, 0.6) is 5.75 Å². The van der Waals surface area contributed by atoms with E-state index >= 15 is 0 Å². The molecule has 0 saturated carbocycles. The lowest BCUT2D eigenvalue weighted by atomic mass is 9.93. The number of fused-ring (bicyclic) bond motifs is 1. The number of nitrogens with one attached hydrogen (secondary N) is 2. The molecule has 1 aromatic carbocycles. The third-order valence-corrected chi connectivity index (χ3v) is 5.34. The van der Waals surface area contributed by atoms with Gasteiger partial charge in [0.25, 0.3) is 11.5 Å². The predicted molar refractivity (Wildman–Crippen MR) is 110 cm³/mol. The van der Waals surface area contributed by atoms with E-state index in [1.807, 2.05) is 19.2 Å². The lowest BCUT2D eigenvalue weighted by Crippen LogP contribution is -2.35. The minimum atomic E-state index is -0.588. The van der Waals surface area contributed by atoms with Gasteiger partial charge in [0.05, 0.1) is 7.11 Å². The smallest absolute Gasteiger partial charge is 0.261 e. The molecule has 0 saturated heterocycles. The molecular weight excluding hydrogens is 384 g/mol. The number of aromatic nitrogens is 3. The number of carbonyl (C=O) groups excluding carboxylic acids is 2. The molecule has 0 unspecified atom stereocenters. The topological polar surface area (TPSA) is 106 Å². The summed E-state index contributed by atoms with van der Waals surface area (Å²) in [6.45, 7) is 0. The Morgan fingerprint density at radius 1 is 1.23 bits per heavy atom. The van der Waals surface area contributed by atoms with Gasteiger partial charge in [-0.05, 0) is 36.6 Å². The summed E-state index contributed by atoms with van der Waals surface area (Å²) in [5, 5.41) is 2.90. The number of methoxy groups -OCH3 is 1. The van der Waals surface area contributed by atoms with Crippen molar-refractivity contribution in [2.75, 3.05) is 7.11 Å². The maximum absolute atomic E-state index is 13.1. The van der Waals surface area contributed by atoms with Crippen molar-refractivity contribution in [2.45, 2.75) is 25.3 Å². The zero-order chi connectivity index (χ0) is 21.3. The van der Waals surface area contributed by atoms with Crippen molar-refractivity contribution in [3.8, 4) is 5.75 Å². The van der Waals surface area contributed by atoms with E-state index in [1.165, 1.54) is 6.07 Å². The molecule has 30 heavy (non-hydrogen) atoms. The molecule has 2 N–H and O–H groups in total. The van der Waals surface area contributed by atoms with Crippen LogP contribution in [0.2, 0.25) is 0 Å². The van der Waals surface area contributed by atoms with E-state index in [9.17, 15) is 14.4 Å². The Balaban J connectivity index is 1.70. The predicted octanol–water partition coefficient (Wildman–Crippen LogP) is 2.16. The van der Waals surface area contributed by atoms with E-state index in [4.69, 9.17) is 4.74 Å². The van der Waals surface area contributed by atoms with Gasteiger partial charge in [-0.2, -0.15) is 0 Å². The second kappa shape index (κ2) is 7.98. The number of carbonyl (C=O) groups is 2. The van der Waals surface area contributed by atoms with Crippen molar-refractivity contribution in [3.63, 3.8) is 0 Å². The van der Waals surface area contributed by atoms with Crippen LogP contribution in [0.4, 0.5) is 0 Å². The first-order valence-electron chi connectivity index (χ1n) is 9.69. The molecule has 4 rings (SSSR count). The molecule has 1 atom stereocenters. The monoisotopic (exact) mass is 406 g/mol. The van der Waals surface area contributed by atoms with Crippen LogP contribution in [-0.4, -0.2) is 33.3 Å². The number of ketones is 1. The van der Waals surface area contributed by atoms with Crippen molar-refractivity contribution in [1.82, 2.24) is 19.9 Å². The maximum Gasteiger partial charge on any atom is 0.261 e. The Kier molecular flexibility index (Phi) is 5.22. The third-order valence-electron chi connectivity index (χ3n) is 5.34. The fourth-order valence-electron chi connectivity index (χ4n) is 3.70. The van der Waals surface area contributed by atoms with Crippen molar-refractivity contribution < 1.29 is 14.3 Å². The van der Waals surface area contributed by atoms with Crippen LogP contribution in [0, 0.1) is 0 Å². The molecule has 0 radical (unpaired) electrons. The number of aromatic amines is 1. The maximum atomic E-state index is 13.1. The van der Waals surface area contributed by atoms with Crippen LogP contribution in [0.1, 0.15) is 56.7 Å². The number of H-pyrrole nitrogens is 1. The normalized spacial score (nSPS) is 14.1. The van der Waals surface area contributed by atoms with Crippen LogP contribution in [0.25, 0.3) is 0 Å². The summed E-state index contributed by atoms with van der Waals surface area (Å²) in [5.41, 5.74) is 1.21. The highest BCUT2D eigenvalue weighted by molar-refractivity contribution is 6.01. The lowest BCUT2D eigenvalue weighted by molar-refractivity contribution is 0.0939. The Morgan fingerprint density at radius 3 is 2.67 bits per heavy atom. The van der Waals surface area contributed by atoms with Crippen molar-refractivity contribution >= 4 is 11.7 Å². The molecule has 1 aliphatic carbocycles. The molecule has 8 nitrogen and oxygen atoms in total. The lowest BCUT2D eigenvalue weighted by Gasteiger charge is -2.20. The second-order valence-electron chi connectivity index (χ2n) is 7.26. The third kappa shape index (κ3) is 3.63. The van der Waals surface area contributed by atoms with Crippen molar-refractivity contribution in [1.29, 1.82) is 0 Å². The number of nitrogens with zero attached hydrogens (tertiary/aromatic N) is 2. The zero-order valence-electron chi connectivity index (χ0n) is 16.8. The van der Waals surface area contributed by atoms with Crippen LogP contribution >= 0.6 is 0 Å². The Hall–Kier alpha value is -3.68. The first-order chi connectivity index (χ1) is 14.5. The minimum Gasteiger partial charge on any atom is -0.497 e. The first kappa shape index (κ1) is 19.6. The van der Waals surface area contributed by atoms with Gasteiger partial charge in [-0.15, -0.1) is 0 Å². The molecule has 2 heterocycles. The summed E-state index contributed by atoms with van der Waals surface area (Å²) in [6.07, 6.45) is 5.17. The van der Waals surface area contributed by atoms with Gasteiger partial charge in [0.15, 0.2) is 5.78 Å². The summed E-state index contributed by atoms with van der Waals surface area (Å²) < 4.78 is 7.01. The van der Waals surface area contributed by atoms with Crippen LogP contribution < -0.4 is 15.6 Å². The number of hydrogen-bond donors (Lipinski definition) is 2. The van der Waals surface area contributed by atoms with E-state index in [2.05, 4.69) is 15.3 Å². The molecule has 1 aliphatic rings. The summed E-state index contributed by atoms with van der Waals surface area (Å²) in [5.74, 6) is 0.672. The second-order valence-corrected chi connectivity index (χ2v) is 7.26. The Bertz CT molecular complexity index is 1160. The van der Waals surface area contributed by atoms with Crippen molar-refractivity contribution in [3.05, 3.63) is 81.3 Å². The highest BCUT2D eigenvalue weighted by atomic mass is 16.5. The van der Waals surface area contributed by atoms with Crippen molar-refractivity contribution in [2.24, 2.45) is 7.05 Å². The fourth-order valence-corrected chi connectivity index (χ4v) is 3.70. The van der Waals surface area contributed by atoms with Gasteiger partial charge in [0.2, 0.25) is 0 Å². The number of aryl methyl sites for hydroxylation is 2. The molecule has 3 aromatic rings. The number of imidazole rings is 1. The SMILES string of the molecule is COc1ccc([C@@H](NC(=O)c2cc3c([nH]c2=O)CCCC3=O)c2nccn2C)cc1. The van der Waals surface area contributed by atoms with Crippen LogP contribution in [-0.2, 0) is 13.5 Å². The van der Waals surface area contributed by atoms with Crippen LogP contribution in [0.3, 0.4) is 0 Å². The van der Waals surface area contributed by atoms with E-state index in [0.717, 1.165) is 5.56 Å². The van der Waals surface area contributed by atoms with E-state index in [-0.39, 0.29) is 11.3 Å². The molecule has 0 spiro atoms. The van der Waals surface area contributed by atoms with E-state index < -0.39 is 17.5 Å². The number of Topliss-reactive ketones (excluding diaryl/α,β-unsaturated/α-hetero) is 1. The van der Waals surface area contributed by atoms with Gasteiger partial charge in [-0.1, -0.05) is 12.1 Å². The van der Waals surface area contributed by atoms with Gasteiger partial charge in [-0.3, -0.25) is 14.4 Å². The molecular formula is C22H22N4O4. The minimum absolute atomic E-state index is 0.0580. The molecule has 0 bridgehead atoms. The van der Waals surface area contributed by atoms with E-state index in [1.54, 1.807) is 36.2 Å². The molecule has 154 valence electrons. The number of hydrogen-bond acceptors (Lipinski definition) is 5. The van der Waals surface area contributed by atoms with Crippen LogP contribution in [0.15, 0.2) is 47.5 Å². The molecule has 0 fully saturated rings. The molecule has 1 amide bonds. The average molecular weight is 406 g/mol. The van der Waals surface area contributed by atoms with E-state index in [0.29, 0.717) is 42.1 Å². The Labute approximate surface area is 172 Å². The first-order valence-corrected chi connectivity index (χ1v) is 9.69. The molecule has 2 aromatic heterocycles. The largest absolute Gasteiger partial charge is 0.497 e. The number of rotatable bonds is 5. The highest BCUT2D eigenvalue weighted by Gasteiger charge is 2.26. The van der Waals surface area contributed by atoms with Gasteiger partial charge >= 0.3 is 0 Å². The summed E-state index contributed by atoms with van der Waals surface area (Å²) >= 11 is 0. The average Bonchev–Trinajstić information content (AvgIpc) is 3.17. The summed E-state index contributed by atoms with van der Waals surface area (Å²) in [7, 11) is 3.41. The highest BCUT2D eigenvalue weighted by Crippen LogP contribution is 2.24. The number of ether oxygens (including phenoxy) is 1. The zero-order valence-corrected chi connectivity index (χ0v) is 16.8. The van der Waals surface area contributed by atoms with Gasteiger partial charge < -0.3 is 19.6 Å². The standard InChI is InChI=1S/C22H22N4O4/c1-26-11-10-23-20(26)19(13-6-8-14(30-2)9-7-13)25-22(29)16-12-15-17(24-21(16)28)4-3-5-18(15)27/h6-12,19H,3-5H2,1-2H3,(H,24,28)(H,25,29)/t19-/m1/s1. The number of benzene rings is 1. The number of amides is 1. The van der Waals surface area contributed by atoms with Gasteiger partial charge in [0, 0.05) is 37.1 Å². The summed E-state index contributed by atoms with van der Waals surface area (Å²) in [6, 6.07) is 8.07. The quantitative estimate of drug-likeness (QED) is 0.675.